The van der Waals surface area contributed by atoms with Crippen LogP contribution in [0.15, 0.2) is 35.9 Å². The zero-order valence-electron chi connectivity index (χ0n) is 17.4. The highest BCUT2D eigenvalue weighted by Gasteiger charge is 2.39. The Labute approximate surface area is 173 Å². The number of hydrogen-bond acceptors (Lipinski definition) is 3. The zero-order valence-corrected chi connectivity index (χ0v) is 17.4. The first-order valence-corrected chi connectivity index (χ1v) is 11.1. The van der Waals surface area contributed by atoms with Crippen molar-refractivity contribution >= 4 is 11.8 Å². The highest BCUT2D eigenvalue weighted by Crippen LogP contribution is 2.33. The fourth-order valence-corrected chi connectivity index (χ4v) is 5.13. The molecule has 0 saturated carbocycles. The van der Waals surface area contributed by atoms with E-state index in [1.165, 1.54) is 6.42 Å². The van der Waals surface area contributed by atoms with E-state index in [0.717, 1.165) is 75.0 Å². The Morgan fingerprint density at radius 2 is 1.90 bits per heavy atom. The third kappa shape index (κ3) is 4.49. The van der Waals surface area contributed by atoms with Gasteiger partial charge in [0.25, 0.3) is 0 Å². The van der Waals surface area contributed by atoms with Crippen molar-refractivity contribution in [2.24, 2.45) is 5.92 Å². The van der Waals surface area contributed by atoms with E-state index in [2.05, 4.69) is 11.0 Å². The van der Waals surface area contributed by atoms with E-state index in [1.54, 1.807) is 7.11 Å². The Balaban J connectivity index is 1.37. The standard InChI is InChI=1S/C24H32N2O3/c1-29-21-11-9-18(10-12-21)16-23(27)25-15-13-22-20(17-25)8-5-14-26(22)24(28)19-6-3-2-4-7-19/h6,9-12,20,22H,2-5,7-8,13-17H2,1H3/t20-,22+/m0/s1. The summed E-state index contributed by atoms with van der Waals surface area (Å²) in [6.45, 7) is 2.40. The molecule has 4 rings (SSSR count). The van der Waals surface area contributed by atoms with Gasteiger partial charge < -0.3 is 14.5 Å². The molecule has 156 valence electrons. The number of allylic oxidation sites excluding steroid dienone is 1. The Morgan fingerprint density at radius 3 is 2.62 bits per heavy atom. The molecule has 0 unspecified atom stereocenters. The zero-order chi connectivity index (χ0) is 20.2. The quantitative estimate of drug-likeness (QED) is 0.782. The lowest BCUT2D eigenvalue weighted by molar-refractivity contribution is -0.139. The average Bonchev–Trinajstić information content (AvgIpc) is 2.79. The van der Waals surface area contributed by atoms with Gasteiger partial charge in [0.2, 0.25) is 11.8 Å². The average molecular weight is 397 g/mol. The molecule has 2 aliphatic heterocycles. The minimum atomic E-state index is 0.187. The number of nitrogens with zero attached hydrogens (tertiary/aromatic N) is 2. The molecule has 0 aromatic heterocycles. The van der Waals surface area contributed by atoms with Crippen LogP contribution in [0, 0.1) is 5.92 Å². The first-order valence-electron chi connectivity index (χ1n) is 11.1. The predicted molar refractivity (Wildman–Crippen MR) is 113 cm³/mol. The van der Waals surface area contributed by atoms with Gasteiger partial charge in [-0.15, -0.1) is 0 Å². The second kappa shape index (κ2) is 9.02. The van der Waals surface area contributed by atoms with Gasteiger partial charge in [-0.05, 0) is 68.6 Å². The first-order chi connectivity index (χ1) is 14.2. The van der Waals surface area contributed by atoms with Crippen molar-refractivity contribution in [3.05, 3.63) is 41.5 Å². The number of carbonyl (C=O) groups excluding carboxylic acids is 2. The van der Waals surface area contributed by atoms with E-state index in [4.69, 9.17) is 4.74 Å². The van der Waals surface area contributed by atoms with E-state index in [-0.39, 0.29) is 11.8 Å². The number of hydrogen-bond donors (Lipinski definition) is 0. The number of benzene rings is 1. The maximum Gasteiger partial charge on any atom is 0.249 e. The van der Waals surface area contributed by atoms with Crippen LogP contribution in [-0.4, -0.2) is 54.4 Å². The number of amides is 2. The van der Waals surface area contributed by atoms with Gasteiger partial charge in [-0.1, -0.05) is 18.2 Å². The molecule has 1 aliphatic carbocycles. The summed E-state index contributed by atoms with van der Waals surface area (Å²) in [7, 11) is 1.65. The predicted octanol–water partition coefficient (Wildman–Crippen LogP) is 3.58. The van der Waals surface area contributed by atoms with Crippen molar-refractivity contribution in [3.8, 4) is 5.75 Å². The SMILES string of the molecule is COc1ccc(CC(=O)N2CC[C@@H]3[C@@H](CCCN3C(=O)C3=CCCCC3)C2)cc1. The molecular formula is C24H32N2O3. The lowest BCUT2D eigenvalue weighted by Crippen LogP contribution is -2.57. The van der Waals surface area contributed by atoms with E-state index < -0.39 is 0 Å². The van der Waals surface area contributed by atoms with E-state index in [9.17, 15) is 9.59 Å². The number of carbonyl (C=O) groups is 2. The van der Waals surface area contributed by atoms with Crippen LogP contribution in [0.3, 0.4) is 0 Å². The van der Waals surface area contributed by atoms with Crippen LogP contribution >= 0.6 is 0 Å². The van der Waals surface area contributed by atoms with Gasteiger partial charge in [-0.3, -0.25) is 9.59 Å². The minimum absolute atomic E-state index is 0.187. The largest absolute Gasteiger partial charge is 0.497 e. The summed E-state index contributed by atoms with van der Waals surface area (Å²) in [5.74, 6) is 1.66. The third-order valence-corrected chi connectivity index (χ3v) is 6.76. The minimum Gasteiger partial charge on any atom is -0.497 e. The molecule has 29 heavy (non-hydrogen) atoms. The maximum atomic E-state index is 13.1. The van der Waals surface area contributed by atoms with E-state index in [1.807, 2.05) is 29.2 Å². The number of ether oxygens (including phenoxy) is 1. The summed E-state index contributed by atoms with van der Waals surface area (Å²) in [6.07, 6.45) is 9.94. The third-order valence-electron chi connectivity index (χ3n) is 6.76. The summed E-state index contributed by atoms with van der Waals surface area (Å²) in [6, 6.07) is 8.02. The Morgan fingerprint density at radius 1 is 1.07 bits per heavy atom. The van der Waals surface area contributed by atoms with Crippen LogP contribution in [0.2, 0.25) is 0 Å². The summed E-state index contributed by atoms with van der Waals surface area (Å²) in [4.78, 5) is 30.1. The fraction of sp³-hybridized carbons (Fsp3) is 0.583. The van der Waals surface area contributed by atoms with Crippen molar-refractivity contribution in [1.29, 1.82) is 0 Å². The lowest BCUT2D eigenvalue weighted by Gasteiger charge is -2.47. The van der Waals surface area contributed by atoms with Crippen molar-refractivity contribution in [2.45, 2.75) is 57.4 Å². The number of rotatable bonds is 4. The fourth-order valence-electron chi connectivity index (χ4n) is 5.13. The van der Waals surface area contributed by atoms with Crippen molar-refractivity contribution in [1.82, 2.24) is 9.80 Å². The topological polar surface area (TPSA) is 49.9 Å². The smallest absolute Gasteiger partial charge is 0.249 e. The van der Waals surface area contributed by atoms with Crippen molar-refractivity contribution in [3.63, 3.8) is 0 Å². The first kappa shape index (κ1) is 20.0. The monoisotopic (exact) mass is 396 g/mol. The van der Waals surface area contributed by atoms with Crippen LogP contribution in [0.4, 0.5) is 0 Å². The van der Waals surface area contributed by atoms with Gasteiger partial charge in [-0.2, -0.15) is 0 Å². The van der Waals surface area contributed by atoms with E-state index >= 15 is 0 Å². The Bertz CT molecular complexity index is 771. The van der Waals surface area contributed by atoms with Crippen LogP contribution in [0.25, 0.3) is 0 Å². The summed E-state index contributed by atoms with van der Waals surface area (Å²) in [5, 5.41) is 0. The molecule has 0 spiro atoms. The summed E-state index contributed by atoms with van der Waals surface area (Å²) >= 11 is 0. The molecule has 2 heterocycles. The Kier molecular flexibility index (Phi) is 6.22. The lowest BCUT2D eigenvalue weighted by atomic mass is 9.83. The molecule has 2 saturated heterocycles. The number of fused-ring (bicyclic) bond motifs is 1. The molecule has 2 atom stereocenters. The van der Waals surface area contributed by atoms with Gasteiger partial charge in [0.05, 0.1) is 13.5 Å². The summed E-state index contributed by atoms with van der Waals surface area (Å²) < 4.78 is 5.19. The van der Waals surface area contributed by atoms with Crippen LogP contribution in [0.5, 0.6) is 5.75 Å². The molecule has 1 aromatic rings. The van der Waals surface area contributed by atoms with Gasteiger partial charge in [0.1, 0.15) is 5.75 Å². The molecule has 0 radical (unpaired) electrons. The van der Waals surface area contributed by atoms with Gasteiger partial charge in [0, 0.05) is 31.2 Å². The van der Waals surface area contributed by atoms with Crippen LogP contribution in [0.1, 0.15) is 50.5 Å². The van der Waals surface area contributed by atoms with E-state index in [0.29, 0.717) is 18.4 Å². The van der Waals surface area contributed by atoms with Crippen molar-refractivity contribution in [2.75, 3.05) is 26.7 Å². The molecule has 2 amide bonds. The molecule has 1 aromatic carbocycles. The van der Waals surface area contributed by atoms with Gasteiger partial charge >= 0.3 is 0 Å². The van der Waals surface area contributed by atoms with Crippen LogP contribution < -0.4 is 4.74 Å². The molecule has 5 heteroatoms. The number of piperidine rings is 2. The van der Waals surface area contributed by atoms with Crippen LogP contribution in [-0.2, 0) is 16.0 Å². The van der Waals surface area contributed by atoms with Gasteiger partial charge in [-0.25, -0.2) is 0 Å². The molecule has 0 N–H and O–H groups in total. The Hall–Kier alpha value is -2.30. The van der Waals surface area contributed by atoms with Crippen molar-refractivity contribution < 1.29 is 14.3 Å². The normalized spacial score (nSPS) is 24.5. The second-order valence-electron chi connectivity index (χ2n) is 8.60. The summed E-state index contributed by atoms with van der Waals surface area (Å²) in [5.41, 5.74) is 2.04. The number of methoxy groups -OCH3 is 1. The second-order valence-corrected chi connectivity index (χ2v) is 8.60. The molecule has 2 fully saturated rings. The molecular weight excluding hydrogens is 364 g/mol. The molecule has 0 bridgehead atoms. The maximum absolute atomic E-state index is 13.1. The molecule has 5 nitrogen and oxygen atoms in total. The highest BCUT2D eigenvalue weighted by atomic mass is 16.5. The number of likely N-dealkylation sites (tertiary alicyclic amines) is 2. The van der Waals surface area contributed by atoms with Gasteiger partial charge in [0.15, 0.2) is 0 Å². The molecule has 3 aliphatic rings. The highest BCUT2D eigenvalue weighted by molar-refractivity contribution is 5.94.